The molecule has 1 fully saturated rings. The highest BCUT2D eigenvalue weighted by molar-refractivity contribution is 6.33. The maximum Gasteiger partial charge on any atom is 0.322 e. The molecule has 0 spiro atoms. The molecule has 6 nitrogen and oxygen atoms in total. The summed E-state index contributed by atoms with van der Waals surface area (Å²) < 4.78 is 18.4. The summed E-state index contributed by atoms with van der Waals surface area (Å²) in [6.45, 7) is 0.730. The van der Waals surface area contributed by atoms with Crippen LogP contribution in [0.1, 0.15) is 6.42 Å². The van der Waals surface area contributed by atoms with E-state index < -0.39 is 23.9 Å². The number of hydrogen-bond donors (Lipinski definition) is 2. The summed E-state index contributed by atoms with van der Waals surface area (Å²) in [5.74, 6) is -1.55. The van der Waals surface area contributed by atoms with E-state index in [4.69, 9.17) is 21.4 Å². The first-order valence-electron chi connectivity index (χ1n) is 6.29. The minimum Gasteiger partial charge on any atom is -0.481 e. The second kappa shape index (κ2) is 6.73. The molecule has 2 N–H and O–H groups in total. The van der Waals surface area contributed by atoms with Gasteiger partial charge in [-0.2, -0.15) is 0 Å². The molecule has 0 aromatic heterocycles. The third kappa shape index (κ3) is 4.05. The van der Waals surface area contributed by atoms with E-state index in [1.807, 2.05) is 0 Å². The monoisotopic (exact) mass is 316 g/mol. The van der Waals surface area contributed by atoms with E-state index in [0.717, 1.165) is 6.07 Å². The van der Waals surface area contributed by atoms with Gasteiger partial charge >= 0.3 is 12.0 Å². The van der Waals surface area contributed by atoms with Crippen molar-refractivity contribution in [2.24, 2.45) is 0 Å². The molecule has 2 rings (SSSR count). The van der Waals surface area contributed by atoms with Gasteiger partial charge in [0, 0.05) is 6.54 Å². The lowest BCUT2D eigenvalue weighted by molar-refractivity contribution is -0.139. The molecule has 1 aliphatic rings. The van der Waals surface area contributed by atoms with Crippen LogP contribution < -0.4 is 5.32 Å². The molecule has 0 aliphatic carbocycles. The van der Waals surface area contributed by atoms with Crippen LogP contribution >= 0.6 is 11.6 Å². The molecule has 1 aromatic carbocycles. The third-order valence-corrected chi connectivity index (χ3v) is 3.40. The van der Waals surface area contributed by atoms with Gasteiger partial charge in [0.25, 0.3) is 0 Å². The molecule has 8 heteroatoms. The number of benzene rings is 1. The number of nitrogens with zero attached hydrogens (tertiary/aromatic N) is 1. The predicted molar refractivity (Wildman–Crippen MR) is 74.0 cm³/mol. The molecule has 1 heterocycles. The summed E-state index contributed by atoms with van der Waals surface area (Å²) in [6, 6.07) is 2.52. The minimum atomic E-state index is -1.02. The van der Waals surface area contributed by atoms with Gasteiger partial charge in [0.2, 0.25) is 0 Å². The van der Waals surface area contributed by atoms with Gasteiger partial charge in [-0.1, -0.05) is 11.6 Å². The second-order valence-corrected chi connectivity index (χ2v) is 4.98. The fraction of sp³-hybridized carbons (Fsp3) is 0.385. The van der Waals surface area contributed by atoms with Crippen LogP contribution in [0.15, 0.2) is 18.2 Å². The first-order valence-corrected chi connectivity index (χ1v) is 6.67. The first-order chi connectivity index (χ1) is 9.97. The summed E-state index contributed by atoms with van der Waals surface area (Å²) in [5, 5.41) is 11.5. The van der Waals surface area contributed by atoms with Crippen molar-refractivity contribution in [2.75, 3.05) is 25.1 Å². The van der Waals surface area contributed by atoms with Crippen LogP contribution in [0.2, 0.25) is 5.02 Å². The fourth-order valence-corrected chi connectivity index (χ4v) is 2.24. The summed E-state index contributed by atoms with van der Waals surface area (Å²) in [6.07, 6.45) is -0.218. The van der Waals surface area contributed by atoms with E-state index in [-0.39, 0.29) is 30.3 Å². The van der Waals surface area contributed by atoms with Crippen molar-refractivity contribution in [3.05, 3.63) is 29.0 Å². The topological polar surface area (TPSA) is 78.9 Å². The van der Waals surface area contributed by atoms with E-state index >= 15 is 0 Å². The average molecular weight is 317 g/mol. The summed E-state index contributed by atoms with van der Waals surface area (Å²) in [5.41, 5.74) is 0.141. The lowest BCUT2D eigenvalue weighted by atomic mass is 10.1. The Morgan fingerprint density at radius 2 is 2.29 bits per heavy atom. The number of carbonyl (C=O) groups is 2. The van der Waals surface area contributed by atoms with Crippen LogP contribution in [0, 0.1) is 5.82 Å². The smallest absolute Gasteiger partial charge is 0.322 e. The van der Waals surface area contributed by atoms with Crippen LogP contribution in [0.3, 0.4) is 0 Å². The van der Waals surface area contributed by atoms with Crippen LogP contribution in [-0.4, -0.2) is 47.8 Å². The number of anilines is 1. The number of nitrogens with one attached hydrogen (secondary N) is 1. The van der Waals surface area contributed by atoms with E-state index in [1.54, 1.807) is 0 Å². The van der Waals surface area contributed by atoms with Gasteiger partial charge in [0.05, 0.1) is 36.4 Å². The Labute approximate surface area is 125 Å². The Morgan fingerprint density at radius 3 is 3.00 bits per heavy atom. The standard InChI is InChI=1S/C13H14ClFN2O4/c14-10-2-1-8(15)5-11(10)16-13(20)17-3-4-21-7-9(17)6-12(18)19/h1-2,5,9H,3-4,6-7H2,(H,16,20)(H,18,19). The third-order valence-electron chi connectivity index (χ3n) is 3.07. The van der Waals surface area contributed by atoms with Crippen molar-refractivity contribution in [1.29, 1.82) is 0 Å². The van der Waals surface area contributed by atoms with Crippen molar-refractivity contribution in [3.8, 4) is 0 Å². The molecule has 1 aliphatic heterocycles. The van der Waals surface area contributed by atoms with Crippen LogP contribution in [-0.2, 0) is 9.53 Å². The number of hydrogen-bond acceptors (Lipinski definition) is 3. The number of morpholine rings is 1. The Hall–Kier alpha value is -1.86. The van der Waals surface area contributed by atoms with Crippen LogP contribution in [0.5, 0.6) is 0 Å². The summed E-state index contributed by atoms with van der Waals surface area (Å²) in [7, 11) is 0. The Morgan fingerprint density at radius 1 is 1.52 bits per heavy atom. The molecular weight excluding hydrogens is 303 g/mol. The number of amides is 2. The number of carbonyl (C=O) groups excluding carboxylic acids is 1. The average Bonchev–Trinajstić information content (AvgIpc) is 2.42. The molecule has 2 amide bonds. The molecule has 1 saturated heterocycles. The molecular formula is C13H14ClFN2O4. The normalized spacial score (nSPS) is 18.4. The first kappa shape index (κ1) is 15.5. The number of aliphatic carboxylic acids is 1. The lowest BCUT2D eigenvalue weighted by Gasteiger charge is -2.34. The highest BCUT2D eigenvalue weighted by Crippen LogP contribution is 2.23. The zero-order chi connectivity index (χ0) is 15.4. The summed E-state index contributed by atoms with van der Waals surface area (Å²) >= 11 is 5.88. The minimum absolute atomic E-state index is 0.141. The Balaban J connectivity index is 2.10. The van der Waals surface area contributed by atoms with Crippen molar-refractivity contribution in [1.82, 2.24) is 4.90 Å². The molecule has 0 radical (unpaired) electrons. The maximum absolute atomic E-state index is 13.2. The highest BCUT2D eigenvalue weighted by atomic mass is 35.5. The summed E-state index contributed by atoms with van der Waals surface area (Å²) in [4.78, 5) is 24.4. The zero-order valence-electron chi connectivity index (χ0n) is 11.0. The largest absolute Gasteiger partial charge is 0.481 e. The molecule has 0 bridgehead atoms. The molecule has 1 atom stereocenters. The van der Waals surface area contributed by atoms with Gasteiger partial charge < -0.3 is 20.1 Å². The van der Waals surface area contributed by atoms with E-state index in [0.29, 0.717) is 6.61 Å². The van der Waals surface area contributed by atoms with Crippen LogP contribution in [0.25, 0.3) is 0 Å². The van der Waals surface area contributed by atoms with Crippen molar-refractivity contribution >= 4 is 29.3 Å². The van der Waals surface area contributed by atoms with Gasteiger partial charge in [0.15, 0.2) is 0 Å². The predicted octanol–water partition coefficient (Wildman–Crippen LogP) is 2.19. The van der Waals surface area contributed by atoms with E-state index in [2.05, 4.69) is 5.32 Å². The maximum atomic E-state index is 13.2. The molecule has 1 aromatic rings. The van der Waals surface area contributed by atoms with E-state index in [1.165, 1.54) is 17.0 Å². The highest BCUT2D eigenvalue weighted by Gasteiger charge is 2.29. The van der Waals surface area contributed by atoms with Crippen molar-refractivity contribution in [3.63, 3.8) is 0 Å². The Kier molecular flexibility index (Phi) is 4.98. The Bertz CT molecular complexity index is 555. The van der Waals surface area contributed by atoms with Crippen LogP contribution in [0.4, 0.5) is 14.9 Å². The quantitative estimate of drug-likeness (QED) is 0.896. The van der Waals surface area contributed by atoms with Crippen molar-refractivity contribution < 1.29 is 23.8 Å². The lowest BCUT2D eigenvalue weighted by Crippen LogP contribution is -2.51. The fourth-order valence-electron chi connectivity index (χ4n) is 2.07. The number of halogens is 2. The van der Waals surface area contributed by atoms with Gasteiger partial charge in [-0.25, -0.2) is 9.18 Å². The number of urea groups is 1. The van der Waals surface area contributed by atoms with Gasteiger partial charge in [-0.15, -0.1) is 0 Å². The molecule has 114 valence electrons. The van der Waals surface area contributed by atoms with Gasteiger partial charge in [-0.3, -0.25) is 4.79 Å². The van der Waals surface area contributed by atoms with Crippen molar-refractivity contribution in [2.45, 2.75) is 12.5 Å². The number of carboxylic acids is 1. The van der Waals surface area contributed by atoms with E-state index in [9.17, 15) is 14.0 Å². The second-order valence-electron chi connectivity index (χ2n) is 4.57. The SMILES string of the molecule is O=C(O)CC1COCCN1C(=O)Nc1cc(F)ccc1Cl. The zero-order valence-corrected chi connectivity index (χ0v) is 11.8. The number of carboxylic acid groups (broad SMARTS) is 1. The molecule has 21 heavy (non-hydrogen) atoms. The molecule has 1 unspecified atom stereocenters. The van der Waals surface area contributed by atoms with Gasteiger partial charge in [-0.05, 0) is 18.2 Å². The number of ether oxygens (including phenoxy) is 1. The molecule has 0 saturated carbocycles. The van der Waals surface area contributed by atoms with Gasteiger partial charge in [0.1, 0.15) is 5.82 Å². The number of rotatable bonds is 3.